The monoisotopic (exact) mass is 452 g/mol. The minimum atomic E-state index is -1.36. The van der Waals surface area contributed by atoms with E-state index in [9.17, 15) is 14.4 Å². The van der Waals surface area contributed by atoms with E-state index in [0.29, 0.717) is 46.8 Å². The lowest BCUT2D eigenvalue weighted by molar-refractivity contribution is -0.131. The van der Waals surface area contributed by atoms with E-state index in [1.165, 1.54) is 7.11 Å². The highest BCUT2D eigenvalue weighted by molar-refractivity contribution is 6.00. The summed E-state index contributed by atoms with van der Waals surface area (Å²) < 4.78 is 11.1. The molecule has 33 heavy (non-hydrogen) atoms. The second kappa shape index (κ2) is 8.51. The molecule has 0 bridgehead atoms. The third kappa shape index (κ3) is 3.98. The largest absolute Gasteiger partial charge is 0.497 e. The number of fused-ring (bicyclic) bond motifs is 2. The van der Waals surface area contributed by atoms with Gasteiger partial charge in [0.2, 0.25) is 24.0 Å². The van der Waals surface area contributed by atoms with Crippen molar-refractivity contribution in [2.75, 3.05) is 26.4 Å². The number of aromatic nitrogens is 2. The molecular formula is C22H24N6O5. The molecule has 0 aliphatic carbocycles. The molecule has 4 rings (SSSR count). The van der Waals surface area contributed by atoms with Crippen LogP contribution in [0.4, 0.5) is 5.95 Å². The molecule has 1 aliphatic heterocycles. The van der Waals surface area contributed by atoms with Gasteiger partial charge in [0.15, 0.2) is 0 Å². The zero-order valence-corrected chi connectivity index (χ0v) is 18.5. The van der Waals surface area contributed by atoms with Crippen LogP contribution >= 0.6 is 0 Å². The number of carbonyl (C=O) groups is 3. The third-order valence-electron chi connectivity index (χ3n) is 5.89. The Morgan fingerprint density at radius 1 is 1.36 bits per heavy atom. The van der Waals surface area contributed by atoms with Gasteiger partial charge in [0.1, 0.15) is 17.0 Å². The summed E-state index contributed by atoms with van der Waals surface area (Å²) in [7, 11) is 3.12. The fraction of sp³-hybridized carbons (Fsp3) is 0.318. The lowest BCUT2D eigenvalue weighted by Crippen LogP contribution is -2.62. The standard InChI is InChI=1S/C22H24N6O5/c1-12-16-7-15(33-18(16)27-21(23)26-12)8-22(24-2,20(31)25-11-29)10-28-9-13-4-5-14(32-3)6-17(13)19(28)30/h4-7,11,24H,8-10H2,1-3H3,(H2,23,26,27)(H,25,29,31)/t22-/m1/s1. The highest BCUT2D eigenvalue weighted by Crippen LogP contribution is 2.30. The number of benzene rings is 1. The first kappa shape index (κ1) is 22.2. The number of nitrogens with zero attached hydrogens (tertiary/aromatic N) is 3. The maximum absolute atomic E-state index is 13.1. The summed E-state index contributed by atoms with van der Waals surface area (Å²) in [5.74, 6) is 0.246. The molecule has 11 nitrogen and oxygen atoms in total. The molecule has 3 amide bonds. The molecule has 4 N–H and O–H groups in total. The summed E-state index contributed by atoms with van der Waals surface area (Å²) >= 11 is 0. The van der Waals surface area contributed by atoms with Crippen molar-refractivity contribution in [3.8, 4) is 5.75 Å². The van der Waals surface area contributed by atoms with E-state index >= 15 is 0 Å². The number of imide groups is 1. The van der Waals surface area contributed by atoms with Gasteiger partial charge in [0, 0.05) is 25.1 Å². The van der Waals surface area contributed by atoms with E-state index in [-0.39, 0.29) is 24.8 Å². The molecular weight excluding hydrogens is 428 g/mol. The number of hydrogen-bond donors (Lipinski definition) is 3. The summed E-state index contributed by atoms with van der Waals surface area (Å²) in [5, 5.41) is 5.88. The van der Waals surface area contributed by atoms with Crippen molar-refractivity contribution in [3.63, 3.8) is 0 Å². The van der Waals surface area contributed by atoms with Crippen LogP contribution in [0.5, 0.6) is 5.75 Å². The van der Waals surface area contributed by atoms with Crippen molar-refractivity contribution in [2.45, 2.75) is 25.4 Å². The van der Waals surface area contributed by atoms with Gasteiger partial charge in [-0.05, 0) is 37.7 Å². The van der Waals surface area contributed by atoms with Crippen LogP contribution in [0.15, 0.2) is 28.7 Å². The molecule has 3 aromatic rings. The summed E-state index contributed by atoms with van der Waals surface area (Å²) in [5.41, 5.74) is 6.63. The number of ether oxygens (including phenoxy) is 1. The van der Waals surface area contributed by atoms with E-state index in [0.717, 1.165) is 5.56 Å². The topological polar surface area (TPSA) is 153 Å². The minimum absolute atomic E-state index is 0.0111. The SMILES string of the molecule is CN[C@](Cc1cc2c(C)nc(N)nc2o1)(CN1Cc2ccc(OC)cc2C1=O)C(=O)NC=O. The summed E-state index contributed by atoms with van der Waals surface area (Å²) in [4.78, 5) is 47.0. The maximum atomic E-state index is 13.1. The van der Waals surface area contributed by atoms with Crippen LogP contribution in [-0.2, 0) is 22.6 Å². The number of likely N-dealkylation sites (N-methyl/N-ethyl adjacent to an activating group) is 1. The van der Waals surface area contributed by atoms with Gasteiger partial charge in [-0.1, -0.05) is 6.07 Å². The Labute approximate surface area is 189 Å². The van der Waals surface area contributed by atoms with Crippen molar-refractivity contribution in [3.05, 3.63) is 46.8 Å². The van der Waals surface area contributed by atoms with E-state index in [1.807, 2.05) is 6.07 Å². The molecule has 3 heterocycles. The number of methoxy groups -OCH3 is 1. The Hall–Kier alpha value is -3.99. The van der Waals surface area contributed by atoms with E-state index in [2.05, 4.69) is 20.6 Å². The smallest absolute Gasteiger partial charge is 0.254 e. The van der Waals surface area contributed by atoms with Crippen molar-refractivity contribution in [1.29, 1.82) is 0 Å². The molecule has 0 unspecified atom stereocenters. The normalized spacial score (nSPS) is 14.8. The minimum Gasteiger partial charge on any atom is -0.497 e. The lowest BCUT2D eigenvalue weighted by atomic mass is 9.91. The molecule has 0 saturated carbocycles. The van der Waals surface area contributed by atoms with Gasteiger partial charge in [-0.3, -0.25) is 19.7 Å². The molecule has 1 atom stereocenters. The maximum Gasteiger partial charge on any atom is 0.254 e. The Balaban J connectivity index is 1.68. The Bertz CT molecular complexity index is 1260. The molecule has 172 valence electrons. The molecule has 11 heteroatoms. The van der Waals surface area contributed by atoms with Gasteiger partial charge in [0.05, 0.1) is 18.2 Å². The van der Waals surface area contributed by atoms with Crippen LogP contribution in [0.1, 0.15) is 27.4 Å². The fourth-order valence-corrected chi connectivity index (χ4v) is 4.12. The van der Waals surface area contributed by atoms with Crippen LogP contribution in [-0.4, -0.2) is 59.3 Å². The van der Waals surface area contributed by atoms with Gasteiger partial charge in [-0.2, -0.15) is 4.98 Å². The summed E-state index contributed by atoms with van der Waals surface area (Å²) in [6.45, 7) is 2.08. The molecule has 1 aromatic carbocycles. The van der Waals surface area contributed by atoms with Crippen LogP contribution in [0.25, 0.3) is 11.1 Å². The van der Waals surface area contributed by atoms with Crippen LogP contribution < -0.4 is 21.1 Å². The number of nitrogens with two attached hydrogens (primary N) is 1. The zero-order valence-electron chi connectivity index (χ0n) is 18.5. The number of aryl methyl sites for hydroxylation is 1. The molecule has 0 fully saturated rings. The molecule has 0 saturated heterocycles. The number of nitrogen functional groups attached to an aromatic ring is 1. The second-order valence-corrected chi connectivity index (χ2v) is 7.88. The number of anilines is 1. The number of amides is 3. The molecule has 0 radical (unpaired) electrons. The first-order chi connectivity index (χ1) is 15.8. The number of nitrogens with one attached hydrogen (secondary N) is 2. The summed E-state index contributed by atoms with van der Waals surface area (Å²) in [6.07, 6.45) is 0.358. The number of hydrogen-bond acceptors (Lipinski definition) is 9. The molecule has 0 spiro atoms. The van der Waals surface area contributed by atoms with Crippen molar-refractivity contribution in [1.82, 2.24) is 25.5 Å². The van der Waals surface area contributed by atoms with Gasteiger partial charge >= 0.3 is 0 Å². The Kier molecular flexibility index (Phi) is 5.73. The molecule has 1 aliphatic rings. The van der Waals surface area contributed by atoms with Gasteiger partial charge in [-0.25, -0.2) is 4.98 Å². The van der Waals surface area contributed by atoms with Crippen molar-refractivity contribution >= 4 is 35.3 Å². The second-order valence-electron chi connectivity index (χ2n) is 7.88. The van der Waals surface area contributed by atoms with Gasteiger partial charge < -0.3 is 25.1 Å². The number of carbonyl (C=O) groups excluding carboxylic acids is 3. The van der Waals surface area contributed by atoms with Crippen LogP contribution in [0, 0.1) is 6.92 Å². The van der Waals surface area contributed by atoms with Gasteiger partial charge in [-0.15, -0.1) is 0 Å². The average Bonchev–Trinajstić information content (AvgIpc) is 3.33. The Morgan fingerprint density at radius 3 is 2.85 bits per heavy atom. The van der Waals surface area contributed by atoms with Gasteiger partial charge in [0.25, 0.3) is 5.91 Å². The van der Waals surface area contributed by atoms with Crippen molar-refractivity contribution in [2.24, 2.45) is 0 Å². The number of rotatable bonds is 8. The quantitative estimate of drug-likeness (QED) is 0.416. The van der Waals surface area contributed by atoms with Crippen molar-refractivity contribution < 1.29 is 23.5 Å². The summed E-state index contributed by atoms with van der Waals surface area (Å²) in [6, 6.07) is 7.01. The number of furan rings is 1. The predicted octanol–water partition coefficient (Wildman–Crippen LogP) is 0.551. The first-order valence-electron chi connectivity index (χ1n) is 10.2. The van der Waals surface area contributed by atoms with E-state index in [1.54, 1.807) is 37.1 Å². The highest BCUT2D eigenvalue weighted by Gasteiger charge is 2.43. The fourth-order valence-electron chi connectivity index (χ4n) is 4.12. The van der Waals surface area contributed by atoms with Crippen LogP contribution in [0.3, 0.4) is 0 Å². The lowest BCUT2D eigenvalue weighted by Gasteiger charge is -2.34. The average molecular weight is 452 g/mol. The third-order valence-corrected chi connectivity index (χ3v) is 5.89. The highest BCUT2D eigenvalue weighted by atomic mass is 16.5. The predicted molar refractivity (Wildman–Crippen MR) is 118 cm³/mol. The first-order valence-corrected chi connectivity index (χ1v) is 10.2. The van der Waals surface area contributed by atoms with E-state index < -0.39 is 11.4 Å². The Morgan fingerprint density at radius 2 is 2.15 bits per heavy atom. The molecule has 2 aromatic heterocycles. The zero-order chi connectivity index (χ0) is 23.8. The van der Waals surface area contributed by atoms with Crippen LogP contribution in [0.2, 0.25) is 0 Å². The van der Waals surface area contributed by atoms with E-state index in [4.69, 9.17) is 14.9 Å².